The fourth-order valence-corrected chi connectivity index (χ4v) is 9.80. The van der Waals surface area contributed by atoms with Gasteiger partial charge in [0.05, 0.1) is 51.0 Å². The lowest BCUT2D eigenvalue weighted by atomic mass is 10.0. The van der Waals surface area contributed by atoms with Crippen LogP contribution in [-0.2, 0) is 51.4 Å². The maximum Gasteiger partial charge on any atom is 0.410 e. The number of hydrogen-bond acceptors (Lipinski definition) is 18. The molecule has 0 bridgehead atoms. The Hall–Kier alpha value is -5.12. The number of hydrogen-bond donors (Lipinski definition) is 1. The molecule has 0 aliphatic carbocycles. The summed E-state index contributed by atoms with van der Waals surface area (Å²) in [6.45, 7) is 31.2. The number of amides is 2. The highest BCUT2D eigenvalue weighted by Gasteiger charge is 2.32. The van der Waals surface area contributed by atoms with E-state index in [-0.39, 0.29) is 27.0 Å². The second-order valence-electron chi connectivity index (χ2n) is 21.6. The number of fused-ring (bicyclic) bond motifs is 2. The van der Waals surface area contributed by atoms with E-state index >= 15 is 0 Å². The van der Waals surface area contributed by atoms with E-state index in [1.807, 2.05) is 41.5 Å². The lowest BCUT2D eigenvalue weighted by molar-refractivity contribution is 0.0230. The summed E-state index contributed by atoms with van der Waals surface area (Å²) in [7, 11) is 0. The maximum atomic E-state index is 12.6. The molecule has 418 valence electrons. The topological polar surface area (TPSA) is 176 Å². The molecule has 0 spiro atoms. The molecule has 0 radical (unpaired) electrons. The van der Waals surface area contributed by atoms with Gasteiger partial charge >= 0.3 is 24.2 Å². The Kier molecular flexibility index (Phi) is 22.3. The third-order valence-corrected chi connectivity index (χ3v) is 13.6. The summed E-state index contributed by atoms with van der Waals surface area (Å²) in [6.07, 6.45) is 3.14. The monoisotopic (exact) mass is 1050 g/mol. The number of ether oxygens (including phenoxy) is 6. The molecule has 4 saturated heterocycles. The first-order valence-electron chi connectivity index (χ1n) is 26.8. The van der Waals surface area contributed by atoms with Crippen molar-refractivity contribution in [2.24, 2.45) is 0 Å². The molecule has 0 saturated carbocycles. The average Bonchev–Trinajstić information content (AvgIpc) is 3.38. The predicted octanol–water partition coefficient (Wildman–Crippen LogP) is 5.75. The molecule has 2 amide bonds. The van der Waals surface area contributed by atoms with Crippen LogP contribution in [0.1, 0.15) is 97.3 Å². The van der Waals surface area contributed by atoms with Crippen molar-refractivity contribution in [1.29, 1.82) is 0 Å². The number of morpholine rings is 2. The summed E-state index contributed by atoms with van der Waals surface area (Å²) in [5, 5.41) is 3.40. The number of carbonyl (C=O) groups excluding carboxylic acids is 2. The minimum Gasteiger partial charge on any atom is -0.463 e. The minimum atomic E-state index is -0.500. The number of piperazine rings is 2. The highest BCUT2D eigenvalue weighted by Crippen LogP contribution is 2.31. The van der Waals surface area contributed by atoms with Crippen molar-refractivity contribution >= 4 is 23.8 Å². The van der Waals surface area contributed by atoms with Crippen LogP contribution in [0, 0.1) is 0 Å². The zero-order valence-electron chi connectivity index (χ0n) is 44.6. The summed E-state index contributed by atoms with van der Waals surface area (Å²) in [5.41, 5.74) is 4.78. The first-order valence-corrected chi connectivity index (χ1v) is 26.8. The van der Waals surface area contributed by atoms with Crippen LogP contribution < -0.4 is 24.6 Å². The molecule has 1 aromatic carbocycles. The van der Waals surface area contributed by atoms with Crippen LogP contribution in [0.4, 0.5) is 21.2 Å². The molecular formula is C55H90N12O8. The van der Waals surface area contributed by atoms with Crippen LogP contribution in [0.5, 0.6) is 12.0 Å². The second-order valence-corrected chi connectivity index (χ2v) is 21.6. The van der Waals surface area contributed by atoms with Gasteiger partial charge in [-0.2, -0.15) is 19.9 Å². The molecule has 6 aliphatic rings. The van der Waals surface area contributed by atoms with Crippen LogP contribution in [0.25, 0.3) is 0 Å². The van der Waals surface area contributed by atoms with Crippen molar-refractivity contribution in [3.63, 3.8) is 0 Å². The Balaban J connectivity index is 0.000000242. The average molecular weight is 1050 g/mol. The smallest absolute Gasteiger partial charge is 0.410 e. The van der Waals surface area contributed by atoms with E-state index < -0.39 is 11.2 Å². The summed E-state index contributed by atoms with van der Waals surface area (Å²) >= 11 is 0. The predicted molar refractivity (Wildman–Crippen MR) is 292 cm³/mol. The Morgan fingerprint density at radius 2 is 1.04 bits per heavy atom. The van der Waals surface area contributed by atoms with E-state index in [0.717, 1.165) is 147 Å². The molecule has 6 aliphatic heterocycles. The van der Waals surface area contributed by atoms with E-state index in [9.17, 15) is 9.59 Å². The minimum absolute atomic E-state index is 0. The van der Waals surface area contributed by atoms with Crippen LogP contribution in [0.3, 0.4) is 0 Å². The molecule has 4 fully saturated rings. The standard InChI is InChI=1S/C30H44N6O4.C23H38N6O4.2CH4/c1-30(2,3)40-29(37)36-15-13-35(14-16-36)27-25-10-12-34(22-24-8-5-4-6-9-24)23-26(25)31-28(32-27)39-19-7-11-33-17-20-38-21-18-33;1-23(2,3)33-22(30)29-10-8-28(9-11-29)20-18-5-6-24-17-19(18)25-21(26-20)32-14-4-7-27-12-15-31-16-13-27;;/h4-6,8-9H,7,10-23H2,1-3H3;24H,4-17H2,1-3H3;2*1H4. The van der Waals surface area contributed by atoms with Crippen molar-refractivity contribution in [3.05, 3.63) is 58.4 Å². The highest BCUT2D eigenvalue weighted by molar-refractivity contribution is 5.69. The van der Waals surface area contributed by atoms with Gasteiger partial charge in [0.2, 0.25) is 0 Å². The van der Waals surface area contributed by atoms with Crippen molar-refractivity contribution in [3.8, 4) is 12.0 Å². The van der Waals surface area contributed by atoms with Gasteiger partial charge in [0.15, 0.2) is 0 Å². The van der Waals surface area contributed by atoms with Crippen molar-refractivity contribution in [2.75, 3.05) is 154 Å². The van der Waals surface area contributed by atoms with E-state index in [1.54, 1.807) is 9.80 Å². The number of nitrogens with zero attached hydrogens (tertiary/aromatic N) is 11. The maximum absolute atomic E-state index is 12.6. The van der Waals surface area contributed by atoms with Gasteiger partial charge in [-0.3, -0.25) is 14.7 Å². The SMILES string of the molecule is C.C.CC(C)(C)OC(=O)N1CCN(c2nc(OCCCN3CCOCC3)nc3c2CCN(Cc2ccccc2)C3)CC1.CC(C)(C)OC(=O)N1CCN(c2nc(OCCCN3CCOCC3)nc3c2CCNC3)CC1. The summed E-state index contributed by atoms with van der Waals surface area (Å²) in [6, 6.07) is 11.5. The first-order chi connectivity index (χ1) is 35.2. The van der Waals surface area contributed by atoms with Crippen molar-refractivity contribution < 1.29 is 38.0 Å². The van der Waals surface area contributed by atoms with E-state index in [2.05, 4.69) is 60.1 Å². The number of nitrogens with one attached hydrogen (secondary N) is 1. The van der Waals surface area contributed by atoms with Crippen LogP contribution in [-0.4, -0.2) is 212 Å². The summed E-state index contributed by atoms with van der Waals surface area (Å²) < 4.78 is 34.1. The van der Waals surface area contributed by atoms with Gasteiger partial charge in [-0.1, -0.05) is 45.2 Å². The Bertz CT molecular complexity index is 2220. The van der Waals surface area contributed by atoms with Crippen LogP contribution in [0.15, 0.2) is 30.3 Å². The lowest BCUT2D eigenvalue weighted by Gasteiger charge is -2.38. The van der Waals surface area contributed by atoms with Gasteiger partial charge in [0.1, 0.15) is 22.8 Å². The number of rotatable bonds is 14. The number of aromatic nitrogens is 4. The van der Waals surface area contributed by atoms with Crippen LogP contribution in [0.2, 0.25) is 0 Å². The summed E-state index contributed by atoms with van der Waals surface area (Å²) in [4.78, 5) is 59.8. The Labute approximate surface area is 447 Å². The highest BCUT2D eigenvalue weighted by atomic mass is 16.6. The van der Waals surface area contributed by atoms with Gasteiger partial charge in [0, 0.05) is 129 Å². The molecular weight excluding hydrogens is 957 g/mol. The second kappa shape index (κ2) is 28.3. The largest absolute Gasteiger partial charge is 0.463 e. The fourth-order valence-electron chi connectivity index (χ4n) is 9.80. The first kappa shape index (κ1) is 59.1. The molecule has 0 unspecified atom stereocenters. The Morgan fingerprint density at radius 3 is 1.52 bits per heavy atom. The third kappa shape index (κ3) is 18.0. The molecule has 9 rings (SSSR count). The Morgan fingerprint density at radius 1 is 0.573 bits per heavy atom. The van der Waals surface area contributed by atoms with Gasteiger partial charge < -0.3 is 53.3 Å². The molecule has 20 heteroatoms. The van der Waals surface area contributed by atoms with Crippen molar-refractivity contribution in [2.45, 2.75) is 113 Å². The fraction of sp³-hybridized carbons (Fsp3) is 0.709. The lowest BCUT2D eigenvalue weighted by Crippen LogP contribution is -2.50. The normalized spacial score (nSPS) is 18.8. The molecule has 20 nitrogen and oxygen atoms in total. The molecule has 1 N–H and O–H groups in total. The summed E-state index contributed by atoms with van der Waals surface area (Å²) in [5.74, 6) is 1.91. The van der Waals surface area contributed by atoms with Crippen LogP contribution >= 0.6 is 0 Å². The molecule has 3 aromatic rings. The van der Waals surface area contributed by atoms with Gasteiger partial charge in [-0.15, -0.1) is 0 Å². The van der Waals surface area contributed by atoms with E-state index in [4.69, 9.17) is 48.4 Å². The van der Waals surface area contributed by atoms with Gasteiger partial charge in [-0.25, -0.2) is 9.59 Å². The van der Waals surface area contributed by atoms with Gasteiger partial charge in [-0.05, 0) is 79.3 Å². The molecule has 75 heavy (non-hydrogen) atoms. The third-order valence-electron chi connectivity index (χ3n) is 13.6. The van der Waals surface area contributed by atoms with E-state index in [0.29, 0.717) is 77.6 Å². The van der Waals surface area contributed by atoms with E-state index in [1.165, 1.54) is 16.7 Å². The molecule has 8 heterocycles. The van der Waals surface area contributed by atoms with Crippen molar-refractivity contribution in [1.82, 2.24) is 49.8 Å². The molecule has 0 atom stereocenters. The molecule has 2 aromatic heterocycles. The quantitative estimate of drug-likeness (QED) is 0.193. The van der Waals surface area contributed by atoms with Gasteiger partial charge in [0.25, 0.3) is 0 Å². The number of benzene rings is 1. The zero-order chi connectivity index (χ0) is 51.2. The zero-order valence-corrected chi connectivity index (χ0v) is 44.6. The number of carbonyl (C=O) groups is 2. The number of anilines is 2.